The summed E-state index contributed by atoms with van der Waals surface area (Å²) in [7, 11) is -3.72. The first-order valence-corrected chi connectivity index (χ1v) is 7.98. The van der Waals surface area contributed by atoms with Crippen molar-refractivity contribution in [1.82, 2.24) is 9.21 Å². The van der Waals surface area contributed by atoms with Crippen LogP contribution < -0.4 is 0 Å². The molecule has 2 aliphatic rings. The van der Waals surface area contributed by atoms with E-state index in [1.54, 1.807) is 4.90 Å². The minimum Gasteiger partial charge on any atom is -0.337 e. The minimum atomic E-state index is -3.72. The van der Waals surface area contributed by atoms with Gasteiger partial charge in [-0.3, -0.25) is 4.79 Å². The van der Waals surface area contributed by atoms with Crippen molar-refractivity contribution in [3.63, 3.8) is 0 Å². The first kappa shape index (κ1) is 13.5. The van der Waals surface area contributed by atoms with Crippen LogP contribution in [0.4, 0.5) is 4.39 Å². The fourth-order valence-electron chi connectivity index (χ4n) is 2.40. The number of carbonyl (C=O) groups is 1. The molecule has 1 aromatic rings. The molecule has 0 unspecified atom stereocenters. The summed E-state index contributed by atoms with van der Waals surface area (Å²) in [5.41, 5.74) is 0. The molecule has 1 saturated heterocycles. The number of hydrogen-bond acceptors (Lipinski definition) is 3. The molecular weight excluding hydrogens is 283 g/mol. The van der Waals surface area contributed by atoms with Crippen molar-refractivity contribution >= 4 is 15.9 Å². The van der Waals surface area contributed by atoms with Crippen LogP contribution in [0.25, 0.3) is 0 Å². The summed E-state index contributed by atoms with van der Waals surface area (Å²) < 4.78 is 38.8. The van der Waals surface area contributed by atoms with Crippen LogP contribution in [0.2, 0.25) is 0 Å². The van der Waals surface area contributed by atoms with Gasteiger partial charge in [0.2, 0.25) is 15.9 Å². The molecule has 7 heteroatoms. The van der Waals surface area contributed by atoms with Crippen LogP contribution in [-0.2, 0) is 14.8 Å². The average molecular weight is 298 g/mol. The van der Waals surface area contributed by atoms with E-state index in [2.05, 4.69) is 0 Å². The lowest BCUT2D eigenvalue weighted by Gasteiger charge is -2.33. The van der Waals surface area contributed by atoms with Gasteiger partial charge in [-0.05, 0) is 37.1 Å². The third-order valence-electron chi connectivity index (χ3n) is 3.66. The molecule has 108 valence electrons. The molecule has 20 heavy (non-hydrogen) atoms. The second-order valence-corrected chi connectivity index (χ2v) is 7.05. The van der Waals surface area contributed by atoms with Gasteiger partial charge in [0.05, 0.1) is 11.4 Å². The fraction of sp³-hybridized carbons (Fsp3) is 0.462. The van der Waals surface area contributed by atoms with E-state index in [4.69, 9.17) is 0 Å². The monoisotopic (exact) mass is 298 g/mol. The molecule has 0 radical (unpaired) electrons. The third kappa shape index (κ3) is 2.43. The van der Waals surface area contributed by atoms with Crippen LogP contribution in [0.1, 0.15) is 12.8 Å². The summed E-state index contributed by atoms with van der Waals surface area (Å²) in [5.74, 6) is -0.636. The van der Waals surface area contributed by atoms with E-state index >= 15 is 0 Å². The van der Waals surface area contributed by atoms with E-state index in [9.17, 15) is 17.6 Å². The Morgan fingerprint density at radius 2 is 1.75 bits per heavy atom. The Labute approximate surface area is 117 Å². The maximum atomic E-state index is 12.9. The van der Waals surface area contributed by atoms with Crippen molar-refractivity contribution in [2.24, 2.45) is 0 Å². The third-order valence-corrected chi connectivity index (χ3v) is 5.52. The second-order valence-electron chi connectivity index (χ2n) is 5.11. The molecule has 1 aliphatic carbocycles. The normalized spacial score (nSPS) is 21.2. The number of benzene rings is 1. The SMILES string of the molecule is O=C1CN(S(=O)(=O)c2ccc(F)cc2)CCN1C1CC1. The molecule has 0 aromatic heterocycles. The van der Waals surface area contributed by atoms with E-state index < -0.39 is 15.8 Å². The molecule has 1 aromatic carbocycles. The summed E-state index contributed by atoms with van der Waals surface area (Å²) in [6, 6.07) is 4.97. The fourth-order valence-corrected chi connectivity index (χ4v) is 3.78. The van der Waals surface area contributed by atoms with Crippen LogP contribution in [0.5, 0.6) is 0 Å². The molecule has 3 rings (SSSR count). The smallest absolute Gasteiger partial charge is 0.243 e. The number of halogens is 1. The van der Waals surface area contributed by atoms with E-state index in [0.29, 0.717) is 19.1 Å². The van der Waals surface area contributed by atoms with Gasteiger partial charge in [0.25, 0.3) is 0 Å². The van der Waals surface area contributed by atoms with Crippen molar-refractivity contribution in [2.45, 2.75) is 23.8 Å². The lowest BCUT2D eigenvalue weighted by atomic mass is 10.3. The Morgan fingerprint density at radius 3 is 2.30 bits per heavy atom. The Morgan fingerprint density at radius 1 is 1.10 bits per heavy atom. The second kappa shape index (κ2) is 4.82. The van der Waals surface area contributed by atoms with Gasteiger partial charge in [-0.25, -0.2) is 12.8 Å². The maximum absolute atomic E-state index is 12.9. The first-order chi connectivity index (χ1) is 9.48. The zero-order chi connectivity index (χ0) is 14.3. The summed E-state index contributed by atoms with van der Waals surface area (Å²) >= 11 is 0. The first-order valence-electron chi connectivity index (χ1n) is 6.54. The molecule has 0 atom stereocenters. The van der Waals surface area contributed by atoms with Crippen molar-refractivity contribution in [1.29, 1.82) is 0 Å². The highest BCUT2D eigenvalue weighted by atomic mass is 32.2. The predicted molar refractivity (Wildman–Crippen MR) is 69.9 cm³/mol. The topological polar surface area (TPSA) is 57.7 Å². The zero-order valence-corrected chi connectivity index (χ0v) is 11.6. The molecule has 5 nitrogen and oxygen atoms in total. The minimum absolute atomic E-state index is 0.0200. The van der Waals surface area contributed by atoms with Crippen LogP contribution in [0, 0.1) is 5.82 Å². The van der Waals surface area contributed by atoms with Crippen LogP contribution in [0.3, 0.4) is 0 Å². The molecule has 0 N–H and O–H groups in total. The van der Waals surface area contributed by atoms with E-state index in [-0.39, 0.29) is 17.3 Å². The summed E-state index contributed by atoms with van der Waals surface area (Å²) in [6.45, 7) is 0.599. The standard InChI is InChI=1S/C13H15FN2O3S/c14-10-1-5-12(6-2-10)20(18,19)15-7-8-16(11-3-4-11)13(17)9-15/h1-2,5-6,11H,3-4,7-9H2. The lowest BCUT2D eigenvalue weighted by molar-refractivity contribution is -0.134. The van der Waals surface area contributed by atoms with Crippen molar-refractivity contribution < 1.29 is 17.6 Å². The molecule has 1 saturated carbocycles. The molecule has 0 bridgehead atoms. The maximum Gasteiger partial charge on any atom is 0.243 e. The summed E-state index contributed by atoms with van der Waals surface area (Å²) in [6.07, 6.45) is 2.02. The number of piperazine rings is 1. The number of rotatable bonds is 3. The largest absolute Gasteiger partial charge is 0.337 e. The highest BCUT2D eigenvalue weighted by Gasteiger charge is 2.39. The number of hydrogen-bond donors (Lipinski definition) is 0. The lowest BCUT2D eigenvalue weighted by Crippen LogP contribution is -2.52. The van der Waals surface area contributed by atoms with Gasteiger partial charge < -0.3 is 4.90 Å². The quantitative estimate of drug-likeness (QED) is 0.830. The van der Waals surface area contributed by atoms with Crippen LogP contribution in [0.15, 0.2) is 29.2 Å². The average Bonchev–Trinajstić information content (AvgIpc) is 3.23. The molecule has 1 aliphatic heterocycles. The zero-order valence-electron chi connectivity index (χ0n) is 10.8. The van der Waals surface area contributed by atoms with Crippen molar-refractivity contribution in [2.75, 3.05) is 19.6 Å². The predicted octanol–water partition coefficient (Wildman–Crippen LogP) is 0.821. The molecule has 1 heterocycles. The van der Waals surface area contributed by atoms with E-state index in [1.165, 1.54) is 16.4 Å². The van der Waals surface area contributed by atoms with E-state index in [1.807, 2.05) is 0 Å². The Kier molecular flexibility index (Phi) is 3.25. The van der Waals surface area contributed by atoms with Crippen molar-refractivity contribution in [3.8, 4) is 0 Å². The molecule has 2 fully saturated rings. The number of sulfonamides is 1. The Bertz CT molecular complexity index is 626. The Hall–Kier alpha value is -1.47. The number of nitrogens with zero attached hydrogens (tertiary/aromatic N) is 2. The van der Waals surface area contributed by atoms with Crippen molar-refractivity contribution in [3.05, 3.63) is 30.1 Å². The highest BCUT2D eigenvalue weighted by molar-refractivity contribution is 7.89. The van der Waals surface area contributed by atoms with Gasteiger partial charge >= 0.3 is 0 Å². The van der Waals surface area contributed by atoms with Gasteiger partial charge in [-0.15, -0.1) is 0 Å². The number of amides is 1. The molecule has 0 spiro atoms. The van der Waals surface area contributed by atoms with Crippen LogP contribution in [-0.4, -0.2) is 49.2 Å². The van der Waals surface area contributed by atoms with Gasteiger partial charge in [-0.1, -0.05) is 0 Å². The van der Waals surface area contributed by atoms with Gasteiger partial charge in [0, 0.05) is 19.1 Å². The summed E-state index contributed by atoms with van der Waals surface area (Å²) in [4.78, 5) is 13.8. The highest BCUT2D eigenvalue weighted by Crippen LogP contribution is 2.29. The molecular formula is C13H15FN2O3S. The van der Waals surface area contributed by atoms with Gasteiger partial charge in [0.15, 0.2) is 0 Å². The van der Waals surface area contributed by atoms with Gasteiger partial charge in [0.1, 0.15) is 5.82 Å². The van der Waals surface area contributed by atoms with E-state index in [0.717, 1.165) is 25.0 Å². The Balaban J connectivity index is 1.78. The van der Waals surface area contributed by atoms with Gasteiger partial charge in [-0.2, -0.15) is 4.31 Å². The van der Waals surface area contributed by atoms with Crippen LogP contribution >= 0.6 is 0 Å². The number of carbonyl (C=O) groups excluding carboxylic acids is 1. The summed E-state index contributed by atoms with van der Waals surface area (Å²) in [5, 5.41) is 0. The molecule has 1 amide bonds.